The van der Waals surface area contributed by atoms with Crippen LogP contribution in [0.25, 0.3) is 0 Å². The molecule has 0 bridgehead atoms. The lowest BCUT2D eigenvalue weighted by molar-refractivity contribution is 0.0654. The Morgan fingerprint density at radius 3 is 2.39 bits per heavy atom. The Bertz CT molecular complexity index is 1290. The van der Waals surface area contributed by atoms with E-state index in [2.05, 4.69) is 9.71 Å². The molecule has 1 aliphatic heterocycles. The molecule has 1 N–H and O–H groups in total. The standard InChI is InChI=1S/C23H21N3O6S/c1-31-16-7-10-20(32-2)19(14-16)25-33(29,30)17-8-5-15(6-9-17)11-13-26-22(27)18-4-3-12-24-21(18)23(26)28/h3-10,12,14,25H,11,13H2,1-2H3. The van der Waals surface area contributed by atoms with Crippen molar-refractivity contribution in [2.75, 3.05) is 25.5 Å². The van der Waals surface area contributed by atoms with Gasteiger partial charge in [0.2, 0.25) is 0 Å². The minimum absolute atomic E-state index is 0.0565. The summed E-state index contributed by atoms with van der Waals surface area (Å²) in [6, 6.07) is 14.2. The number of nitrogens with one attached hydrogen (secondary N) is 1. The summed E-state index contributed by atoms with van der Waals surface area (Å²) < 4.78 is 38.6. The van der Waals surface area contributed by atoms with E-state index >= 15 is 0 Å². The molecule has 3 aromatic rings. The quantitative estimate of drug-likeness (QED) is 0.507. The second kappa shape index (κ2) is 8.91. The number of hydrogen-bond acceptors (Lipinski definition) is 7. The fraction of sp³-hybridized carbons (Fsp3) is 0.174. The Balaban J connectivity index is 1.45. The van der Waals surface area contributed by atoms with E-state index in [1.807, 2.05) is 0 Å². The number of sulfonamides is 1. The Kier molecular flexibility index (Phi) is 6.01. The van der Waals surface area contributed by atoms with Crippen molar-refractivity contribution in [3.05, 3.63) is 77.6 Å². The highest BCUT2D eigenvalue weighted by Gasteiger charge is 2.36. The largest absolute Gasteiger partial charge is 0.497 e. The molecule has 2 heterocycles. The molecule has 0 spiro atoms. The molecule has 0 saturated heterocycles. The van der Waals surface area contributed by atoms with Gasteiger partial charge in [-0.2, -0.15) is 0 Å². The molecule has 4 rings (SSSR count). The molecule has 0 atom stereocenters. The molecule has 170 valence electrons. The Hall–Kier alpha value is -3.92. The van der Waals surface area contributed by atoms with Crippen LogP contribution in [0.1, 0.15) is 26.4 Å². The lowest BCUT2D eigenvalue weighted by Crippen LogP contribution is -2.31. The maximum atomic E-state index is 12.8. The third-order valence-electron chi connectivity index (χ3n) is 5.24. The van der Waals surface area contributed by atoms with Crippen LogP contribution in [0.5, 0.6) is 11.5 Å². The van der Waals surface area contributed by atoms with Gasteiger partial charge in [-0.1, -0.05) is 12.1 Å². The highest BCUT2D eigenvalue weighted by atomic mass is 32.2. The van der Waals surface area contributed by atoms with Crippen molar-refractivity contribution in [1.29, 1.82) is 0 Å². The fourth-order valence-corrected chi connectivity index (χ4v) is 4.55. The van der Waals surface area contributed by atoms with Gasteiger partial charge in [-0.15, -0.1) is 0 Å². The van der Waals surface area contributed by atoms with E-state index in [1.165, 1.54) is 38.6 Å². The highest BCUT2D eigenvalue weighted by molar-refractivity contribution is 7.92. The number of rotatable bonds is 8. The molecule has 0 aliphatic carbocycles. The normalized spacial score (nSPS) is 13.1. The third kappa shape index (κ3) is 4.37. The summed E-state index contributed by atoms with van der Waals surface area (Å²) >= 11 is 0. The smallest absolute Gasteiger partial charge is 0.280 e. The van der Waals surface area contributed by atoms with E-state index in [9.17, 15) is 18.0 Å². The van der Waals surface area contributed by atoms with Gasteiger partial charge >= 0.3 is 0 Å². The summed E-state index contributed by atoms with van der Waals surface area (Å²) in [5.74, 6) is 0.0311. The second-order valence-electron chi connectivity index (χ2n) is 7.23. The summed E-state index contributed by atoms with van der Waals surface area (Å²) in [6.07, 6.45) is 1.85. The molecule has 1 aliphatic rings. The number of imide groups is 1. The van der Waals surface area contributed by atoms with Crippen LogP contribution < -0.4 is 14.2 Å². The molecule has 0 fully saturated rings. The number of carbonyl (C=O) groups excluding carboxylic acids is 2. The van der Waals surface area contributed by atoms with Crippen LogP contribution in [-0.4, -0.2) is 50.9 Å². The number of hydrogen-bond donors (Lipinski definition) is 1. The average Bonchev–Trinajstić information content (AvgIpc) is 3.07. The molecular weight excluding hydrogens is 446 g/mol. The van der Waals surface area contributed by atoms with E-state index < -0.39 is 15.9 Å². The number of anilines is 1. The zero-order valence-electron chi connectivity index (χ0n) is 17.9. The number of pyridine rings is 1. The predicted molar refractivity (Wildman–Crippen MR) is 120 cm³/mol. The van der Waals surface area contributed by atoms with Gasteiger partial charge in [-0.25, -0.2) is 8.42 Å². The second-order valence-corrected chi connectivity index (χ2v) is 8.91. The molecule has 33 heavy (non-hydrogen) atoms. The molecule has 1 aromatic heterocycles. The SMILES string of the molecule is COc1ccc(OC)c(NS(=O)(=O)c2ccc(CCN3C(=O)c4cccnc4C3=O)cc2)c1. The lowest BCUT2D eigenvalue weighted by atomic mass is 10.1. The molecule has 0 saturated carbocycles. The van der Waals surface area contributed by atoms with Gasteiger partial charge in [0.05, 0.1) is 30.4 Å². The van der Waals surface area contributed by atoms with Gasteiger partial charge in [-0.3, -0.25) is 24.2 Å². The number of ether oxygens (including phenoxy) is 2. The zero-order chi connectivity index (χ0) is 23.6. The third-order valence-corrected chi connectivity index (χ3v) is 6.62. The van der Waals surface area contributed by atoms with Gasteiger partial charge in [0.15, 0.2) is 0 Å². The van der Waals surface area contributed by atoms with Crippen LogP contribution in [0.15, 0.2) is 65.7 Å². The van der Waals surface area contributed by atoms with E-state index in [1.54, 1.807) is 36.4 Å². The Morgan fingerprint density at radius 1 is 0.970 bits per heavy atom. The van der Waals surface area contributed by atoms with Crippen LogP contribution in [0, 0.1) is 0 Å². The number of benzene rings is 2. The van der Waals surface area contributed by atoms with Crippen molar-refractivity contribution in [3.8, 4) is 11.5 Å². The maximum absolute atomic E-state index is 12.8. The monoisotopic (exact) mass is 467 g/mol. The summed E-state index contributed by atoms with van der Waals surface area (Å²) in [4.78, 5) is 30.1. The summed E-state index contributed by atoms with van der Waals surface area (Å²) in [6.45, 7) is 0.166. The van der Waals surface area contributed by atoms with Crippen molar-refractivity contribution < 1.29 is 27.5 Å². The first-order chi connectivity index (χ1) is 15.8. The molecule has 0 unspecified atom stereocenters. The van der Waals surface area contributed by atoms with Gasteiger partial charge < -0.3 is 9.47 Å². The Morgan fingerprint density at radius 2 is 1.73 bits per heavy atom. The summed E-state index contributed by atoms with van der Waals surface area (Å²) in [5, 5.41) is 0. The van der Waals surface area contributed by atoms with Crippen LogP contribution in [-0.2, 0) is 16.4 Å². The van der Waals surface area contributed by atoms with Gasteiger partial charge in [0.1, 0.15) is 17.2 Å². The van der Waals surface area contributed by atoms with Crippen LogP contribution in [0.2, 0.25) is 0 Å². The lowest BCUT2D eigenvalue weighted by Gasteiger charge is -2.14. The molecule has 9 nitrogen and oxygen atoms in total. The van der Waals surface area contributed by atoms with Crippen molar-refractivity contribution in [2.45, 2.75) is 11.3 Å². The number of nitrogens with zero attached hydrogens (tertiary/aromatic N) is 2. The predicted octanol–water partition coefficient (Wildman–Crippen LogP) is 2.74. The minimum Gasteiger partial charge on any atom is -0.497 e. The first kappa shape index (κ1) is 22.3. The van der Waals surface area contributed by atoms with Crippen LogP contribution in [0.3, 0.4) is 0 Å². The molecule has 2 amide bonds. The van der Waals surface area contributed by atoms with E-state index in [0.717, 1.165) is 10.5 Å². The van der Waals surface area contributed by atoms with Gasteiger partial charge in [-0.05, 0) is 48.4 Å². The van der Waals surface area contributed by atoms with Crippen molar-refractivity contribution in [1.82, 2.24) is 9.88 Å². The van der Waals surface area contributed by atoms with Crippen LogP contribution in [0.4, 0.5) is 5.69 Å². The topological polar surface area (TPSA) is 115 Å². The van der Waals surface area contributed by atoms with Crippen LogP contribution >= 0.6 is 0 Å². The number of amides is 2. The molecule has 0 radical (unpaired) electrons. The number of methoxy groups -OCH3 is 2. The average molecular weight is 468 g/mol. The van der Waals surface area contributed by atoms with Gasteiger partial charge in [0, 0.05) is 18.8 Å². The van der Waals surface area contributed by atoms with Crippen molar-refractivity contribution >= 4 is 27.5 Å². The number of aromatic nitrogens is 1. The molecule has 10 heteroatoms. The number of fused-ring (bicyclic) bond motifs is 1. The first-order valence-electron chi connectivity index (χ1n) is 9.99. The molecular formula is C23H21N3O6S. The molecule has 2 aromatic carbocycles. The zero-order valence-corrected chi connectivity index (χ0v) is 18.8. The maximum Gasteiger partial charge on any atom is 0.280 e. The van der Waals surface area contributed by atoms with E-state index in [-0.39, 0.29) is 28.7 Å². The van der Waals surface area contributed by atoms with Gasteiger partial charge in [0.25, 0.3) is 21.8 Å². The highest BCUT2D eigenvalue weighted by Crippen LogP contribution is 2.31. The van der Waals surface area contributed by atoms with E-state index in [4.69, 9.17) is 9.47 Å². The van der Waals surface area contributed by atoms with Crippen molar-refractivity contribution in [3.63, 3.8) is 0 Å². The fourth-order valence-electron chi connectivity index (χ4n) is 3.49. The number of carbonyl (C=O) groups is 2. The summed E-state index contributed by atoms with van der Waals surface area (Å²) in [5.41, 5.74) is 1.48. The Labute approximate surface area is 191 Å². The van der Waals surface area contributed by atoms with Crippen molar-refractivity contribution in [2.24, 2.45) is 0 Å². The first-order valence-corrected chi connectivity index (χ1v) is 11.5. The summed E-state index contributed by atoms with van der Waals surface area (Å²) in [7, 11) is -0.958. The minimum atomic E-state index is -3.88. The van der Waals surface area contributed by atoms with E-state index in [0.29, 0.717) is 23.5 Å².